The highest BCUT2D eigenvalue weighted by Crippen LogP contribution is 2.54. The predicted octanol–water partition coefficient (Wildman–Crippen LogP) is 7.20. The zero-order chi connectivity index (χ0) is 40.4. The number of hydrogen-bond acceptors (Lipinski definition) is 8. The van der Waals surface area contributed by atoms with Crippen molar-refractivity contribution in [1.29, 1.82) is 0 Å². The Morgan fingerprint density at radius 3 is 2.04 bits per heavy atom. The van der Waals surface area contributed by atoms with Crippen molar-refractivity contribution in [2.45, 2.75) is 17.9 Å². The number of hydrogen-bond donors (Lipinski definition) is 1. The number of fused-ring (bicyclic) bond motifs is 1. The highest BCUT2D eigenvalue weighted by atomic mass is 35.7. The Balaban J connectivity index is 1.34. The van der Waals surface area contributed by atoms with Crippen LogP contribution in [0.1, 0.15) is 41.5 Å². The first-order valence-electron chi connectivity index (χ1n) is 19.1. The fraction of sp³-hybridized carbons (Fsp3) is 0.211. The lowest BCUT2D eigenvalue weighted by atomic mass is 9.75. The Bertz CT molecular complexity index is 2250. The molecule has 1 amide bonds. The average molecular weight is 728 g/mol. The molecule has 0 bridgehead atoms. The van der Waals surface area contributed by atoms with Crippen molar-refractivity contribution >= 4 is 41.0 Å². The number of benzene rings is 4. The molecule has 0 radical (unpaired) electrons. The Morgan fingerprint density at radius 1 is 0.902 bits per heavy atom. The molecule has 1 N–H and O–H groups in total. The number of carbonyl (C=O) groups excluding carboxylic acids is 1. The number of halogens is 1. The van der Waals surface area contributed by atoms with Gasteiger partial charge >= 0.3 is 6.87 Å². The van der Waals surface area contributed by atoms with Gasteiger partial charge in [0.2, 0.25) is 0 Å². The van der Waals surface area contributed by atoms with Crippen LogP contribution < -0.4 is 5.32 Å². The molecule has 0 aliphatic carbocycles. The van der Waals surface area contributed by atoms with Crippen LogP contribution in [-0.2, 0) is 19.4 Å². The standard InChI is InChI=1S/C38H37ClN7O4P/c1-44(2)51(39,48)49-25-32-23-45(38(29-17-9-4-10-18-29,30-19-11-5-12-20-30)31-21-13-6-14-22-31)24-33(50-32)46-27-42-34-35(40-26-41-36(34)46)43-37(47)28-15-7-3-8-16-28/h3-22,26-27,32-33H,23-25H2,1-2H3,(H,40,41,43,47)/t32-,33+,51?/m0/s1/i1D3,2D3. The molecule has 11 nitrogen and oxygen atoms in total. The highest BCUT2D eigenvalue weighted by molar-refractivity contribution is 7.83. The number of amides is 1. The van der Waals surface area contributed by atoms with Gasteiger partial charge < -0.3 is 14.6 Å². The Kier molecular flexibility index (Phi) is 8.13. The van der Waals surface area contributed by atoms with Gasteiger partial charge in [-0.1, -0.05) is 109 Å². The van der Waals surface area contributed by atoms with Gasteiger partial charge in [-0.25, -0.2) is 19.6 Å². The van der Waals surface area contributed by atoms with Crippen molar-refractivity contribution in [3.05, 3.63) is 156 Å². The van der Waals surface area contributed by atoms with Crippen molar-refractivity contribution < 1.29 is 26.8 Å². The number of nitrogens with one attached hydrogen (secondary N) is 1. The SMILES string of the molecule is [2H]C([2H])([2H])N(C([2H])([2H])[2H])P(=O)(Cl)OC[C@@H]1CN(C(c2ccccc2)(c2ccccc2)c2ccccc2)C[C@H](n2cnc3c(NC(=O)c4ccccc4)ncnc32)O1. The third-order valence-corrected chi connectivity index (χ3v) is 10.5. The fourth-order valence-electron chi connectivity index (χ4n) is 6.58. The molecule has 1 aliphatic rings. The van der Waals surface area contributed by atoms with E-state index in [4.69, 9.17) is 28.7 Å². The van der Waals surface area contributed by atoms with E-state index in [0.717, 1.165) is 16.7 Å². The molecule has 2 aromatic heterocycles. The summed E-state index contributed by atoms with van der Waals surface area (Å²) in [6, 6.07) is 38.2. The molecule has 6 aromatic rings. The number of aromatic nitrogens is 4. The van der Waals surface area contributed by atoms with Gasteiger partial charge in [-0.2, -0.15) is 0 Å². The predicted molar refractivity (Wildman–Crippen MR) is 198 cm³/mol. The highest BCUT2D eigenvalue weighted by Gasteiger charge is 2.47. The molecular weight excluding hydrogens is 685 g/mol. The van der Waals surface area contributed by atoms with Crippen LogP contribution in [0.15, 0.2) is 134 Å². The Morgan fingerprint density at radius 2 is 1.47 bits per heavy atom. The van der Waals surface area contributed by atoms with E-state index < -0.39 is 51.2 Å². The first kappa shape index (κ1) is 27.9. The molecule has 4 aromatic carbocycles. The second-order valence-electron chi connectivity index (χ2n) is 11.9. The van der Waals surface area contributed by atoms with Crippen molar-refractivity contribution in [1.82, 2.24) is 29.1 Å². The molecule has 0 spiro atoms. The van der Waals surface area contributed by atoms with E-state index in [9.17, 15) is 9.36 Å². The normalized spacial score (nSPS) is 20.3. The van der Waals surface area contributed by atoms with E-state index in [2.05, 4.69) is 25.2 Å². The molecule has 7 rings (SSSR count). The van der Waals surface area contributed by atoms with Crippen LogP contribution in [0.2, 0.25) is 0 Å². The molecule has 1 fully saturated rings. The summed E-state index contributed by atoms with van der Waals surface area (Å²) in [5, 5.41) is 2.82. The van der Waals surface area contributed by atoms with Gasteiger partial charge in [0.1, 0.15) is 12.6 Å². The lowest BCUT2D eigenvalue weighted by Crippen LogP contribution is -2.57. The van der Waals surface area contributed by atoms with Crippen LogP contribution in [-0.4, -0.2) is 74.7 Å². The molecule has 3 atom stereocenters. The van der Waals surface area contributed by atoms with Crippen molar-refractivity contribution in [2.24, 2.45) is 0 Å². The smallest absolute Gasteiger partial charge is 0.350 e. The van der Waals surface area contributed by atoms with Gasteiger partial charge in [-0.3, -0.25) is 18.8 Å². The minimum Gasteiger partial charge on any atom is -0.350 e. The summed E-state index contributed by atoms with van der Waals surface area (Å²) in [7, 11) is 0. The minimum absolute atomic E-state index is 0.105. The van der Waals surface area contributed by atoms with Crippen LogP contribution in [0.4, 0.5) is 5.82 Å². The maximum absolute atomic E-state index is 13.7. The van der Waals surface area contributed by atoms with E-state index in [1.54, 1.807) is 34.9 Å². The third-order valence-electron chi connectivity index (χ3n) is 8.79. The largest absolute Gasteiger partial charge is 0.362 e. The number of imidazole rings is 1. The number of ether oxygens (including phenoxy) is 1. The number of rotatable bonds is 11. The molecule has 51 heavy (non-hydrogen) atoms. The molecular formula is C38H37ClN7O4P. The van der Waals surface area contributed by atoms with Crippen molar-refractivity contribution in [3.63, 3.8) is 0 Å². The summed E-state index contributed by atoms with van der Waals surface area (Å²) in [5.41, 5.74) is 2.76. The van der Waals surface area contributed by atoms with Crippen molar-refractivity contribution in [2.75, 3.05) is 39.0 Å². The van der Waals surface area contributed by atoms with Crippen LogP contribution in [0.25, 0.3) is 11.2 Å². The van der Waals surface area contributed by atoms with Crippen LogP contribution in [0.3, 0.4) is 0 Å². The molecule has 1 aliphatic heterocycles. The van der Waals surface area contributed by atoms with Gasteiger partial charge in [0.25, 0.3) is 5.91 Å². The molecule has 1 unspecified atom stereocenters. The molecule has 260 valence electrons. The maximum Gasteiger partial charge on any atom is 0.362 e. The van der Waals surface area contributed by atoms with Gasteiger partial charge in [-0.05, 0) is 54.0 Å². The quantitative estimate of drug-likeness (QED) is 0.109. The van der Waals surface area contributed by atoms with E-state index in [-0.39, 0.29) is 29.1 Å². The summed E-state index contributed by atoms with van der Waals surface area (Å²) in [6.07, 6.45) is 0.928. The van der Waals surface area contributed by atoms with Gasteiger partial charge in [0, 0.05) is 26.9 Å². The van der Waals surface area contributed by atoms with Crippen molar-refractivity contribution in [3.8, 4) is 0 Å². The first-order valence-corrected chi connectivity index (χ1v) is 18.5. The second-order valence-corrected chi connectivity index (χ2v) is 14.7. The summed E-state index contributed by atoms with van der Waals surface area (Å²) < 4.78 is 74.2. The van der Waals surface area contributed by atoms with Gasteiger partial charge in [0.05, 0.1) is 24.6 Å². The number of morpholine rings is 1. The van der Waals surface area contributed by atoms with Gasteiger partial charge in [-0.15, -0.1) is 0 Å². The van der Waals surface area contributed by atoms with E-state index >= 15 is 0 Å². The Hall–Kier alpha value is -4.74. The Labute approximate surface area is 309 Å². The van der Waals surface area contributed by atoms with Crippen LogP contribution in [0, 0.1) is 0 Å². The number of carbonyl (C=O) groups is 1. The first-order chi connectivity index (χ1) is 27.2. The summed E-state index contributed by atoms with van der Waals surface area (Å²) in [4.78, 5) is 28.7. The number of anilines is 1. The zero-order valence-electron chi connectivity index (χ0n) is 33.1. The van der Waals surface area contributed by atoms with Crippen LogP contribution in [0.5, 0.6) is 0 Å². The summed E-state index contributed by atoms with van der Waals surface area (Å²) in [6.45, 7) is -12.0. The van der Waals surface area contributed by atoms with E-state index in [0.29, 0.717) is 11.2 Å². The topological polar surface area (TPSA) is 115 Å². The minimum atomic E-state index is -5.01. The second kappa shape index (κ2) is 14.9. The number of nitrogens with zero attached hydrogens (tertiary/aromatic N) is 6. The molecule has 0 saturated carbocycles. The van der Waals surface area contributed by atoms with Gasteiger partial charge in [0.15, 0.2) is 17.0 Å². The lowest BCUT2D eigenvalue weighted by molar-refractivity contribution is -0.145. The summed E-state index contributed by atoms with van der Waals surface area (Å²) in [5.74, 6) is -0.223. The molecule has 13 heteroatoms. The average Bonchev–Trinajstić information content (AvgIpc) is 3.63. The molecule has 1 saturated heterocycles. The van der Waals surface area contributed by atoms with E-state index in [1.807, 2.05) is 91.0 Å². The maximum atomic E-state index is 13.7. The third kappa shape index (κ3) is 6.97. The fourth-order valence-corrected chi connectivity index (χ4v) is 7.21. The van der Waals surface area contributed by atoms with E-state index in [1.165, 1.54) is 12.7 Å². The zero-order valence-corrected chi connectivity index (χ0v) is 28.8. The van der Waals surface area contributed by atoms with Crippen LogP contribution >= 0.6 is 18.1 Å². The lowest BCUT2D eigenvalue weighted by Gasteiger charge is -2.50. The molecule has 3 heterocycles. The summed E-state index contributed by atoms with van der Waals surface area (Å²) >= 11 is 6.23. The monoisotopic (exact) mass is 727 g/mol.